The van der Waals surface area contributed by atoms with Crippen LogP contribution >= 0.6 is 11.8 Å². The molecule has 0 saturated carbocycles. The van der Waals surface area contributed by atoms with Gasteiger partial charge in [0.05, 0.1) is 24.3 Å². The molecular weight excluding hydrogens is 468 g/mol. The van der Waals surface area contributed by atoms with Gasteiger partial charge in [-0.15, -0.1) is 0 Å². The number of carbonyl (C=O) groups excluding carboxylic acids is 1. The van der Waals surface area contributed by atoms with Gasteiger partial charge in [-0.3, -0.25) is 4.79 Å². The van der Waals surface area contributed by atoms with Crippen LogP contribution in [-0.4, -0.2) is 23.4 Å². The molecule has 176 valence electrons. The number of amidine groups is 1. The predicted molar refractivity (Wildman–Crippen MR) is 130 cm³/mol. The maximum atomic E-state index is 15.1. The van der Waals surface area contributed by atoms with Crippen molar-refractivity contribution in [2.75, 3.05) is 12.4 Å². The molecule has 0 bridgehead atoms. The van der Waals surface area contributed by atoms with Crippen LogP contribution in [0.25, 0.3) is 0 Å². The second kappa shape index (κ2) is 9.61. The van der Waals surface area contributed by atoms with Crippen molar-refractivity contribution in [3.63, 3.8) is 0 Å². The molecule has 1 amide bonds. The van der Waals surface area contributed by atoms with E-state index in [2.05, 4.69) is 11.4 Å². The van der Waals surface area contributed by atoms with Crippen LogP contribution < -0.4 is 5.32 Å². The molecule has 2 aliphatic rings. The Kier molecular flexibility index (Phi) is 6.37. The molecule has 0 aliphatic carbocycles. The van der Waals surface area contributed by atoms with Crippen LogP contribution in [0.2, 0.25) is 0 Å². The zero-order valence-corrected chi connectivity index (χ0v) is 19.4. The van der Waals surface area contributed by atoms with Crippen molar-refractivity contribution in [3.8, 4) is 6.07 Å². The smallest absolute Gasteiger partial charge is 0.257 e. The second-order valence-electron chi connectivity index (χ2n) is 8.56. The lowest BCUT2D eigenvalue weighted by atomic mass is 9.74. The summed E-state index contributed by atoms with van der Waals surface area (Å²) in [4.78, 5) is 17.6. The maximum Gasteiger partial charge on any atom is 0.257 e. The fourth-order valence-corrected chi connectivity index (χ4v) is 5.78. The molecule has 2 aliphatic heterocycles. The fraction of sp³-hybridized carbons (Fsp3) is 0.222. The number of amides is 1. The van der Waals surface area contributed by atoms with E-state index in [4.69, 9.17) is 15.0 Å². The molecule has 3 aromatic carbocycles. The number of rotatable bonds is 3. The first kappa shape index (κ1) is 23.2. The van der Waals surface area contributed by atoms with Gasteiger partial charge in [-0.05, 0) is 42.3 Å². The summed E-state index contributed by atoms with van der Waals surface area (Å²) in [6.07, 6.45) is 0.305. The second-order valence-corrected chi connectivity index (χ2v) is 9.57. The Hall–Kier alpha value is -3.54. The first-order valence-corrected chi connectivity index (χ1v) is 12.1. The number of nitrogens with one attached hydrogen (secondary N) is 1. The molecule has 35 heavy (non-hydrogen) atoms. The van der Waals surface area contributed by atoms with E-state index in [9.17, 15) is 9.18 Å². The minimum atomic E-state index is -1.11. The predicted octanol–water partition coefficient (Wildman–Crippen LogP) is 5.34. The number of aliphatic imine (C=N–C) groups is 1. The molecule has 0 spiro atoms. The molecule has 0 radical (unpaired) electrons. The SMILES string of the molecule is N#Cc1ccc([C@H]2C[C@H]3CSC(NC(=O)c4ccccc4)=N[C@@]3(c3ccc(F)cc3F)CO2)cc1. The Morgan fingerprint density at radius 3 is 2.60 bits per heavy atom. The Morgan fingerprint density at radius 1 is 1.11 bits per heavy atom. The van der Waals surface area contributed by atoms with Crippen molar-refractivity contribution < 1.29 is 18.3 Å². The van der Waals surface area contributed by atoms with Gasteiger partial charge in [0.2, 0.25) is 0 Å². The number of halogens is 2. The van der Waals surface area contributed by atoms with E-state index < -0.39 is 17.2 Å². The van der Waals surface area contributed by atoms with Crippen molar-refractivity contribution >= 4 is 22.8 Å². The van der Waals surface area contributed by atoms with Crippen molar-refractivity contribution in [1.29, 1.82) is 5.26 Å². The molecule has 0 aromatic heterocycles. The monoisotopic (exact) mass is 489 g/mol. The van der Waals surface area contributed by atoms with Gasteiger partial charge in [-0.2, -0.15) is 5.26 Å². The van der Waals surface area contributed by atoms with Crippen LogP contribution in [0, 0.1) is 28.9 Å². The minimum absolute atomic E-state index is 0.0656. The number of nitriles is 1. The lowest BCUT2D eigenvalue weighted by Crippen LogP contribution is -2.49. The summed E-state index contributed by atoms with van der Waals surface area (Å²) >= 11 is 1.40. The van der Waals surface area contributed by atoms with E-state index >= 15 is 4.39 Å². The van der Waals surface area contributed by atoms with Crippen LogP contribution in [0.3, 0.4) is 0 Å². The topological polar surface area (TPSA) is 74.5 Å². The van der Waals surface area contributed by atoms with Gasteiger partial charge < -0.3 is 10.1 Å². The quantitative estimate of drug-likeness (QED) is 0.539. The van der Waals surface area contributed by atoms with Gasteiger partial charge in [-0.25, -0.2) is 13.8 Å². The van der Waals surface area contributed by atoms with Crippen molar-refractivity contribution in [3.05, 3.63) is 107 Å². The summed E-state index contributed by atoms with van der Waals surface area (Å²) in [6, 6.07) is 21.6. The highest BCUT2D eigenvalue weighted by Gasteiger charge is 2.50. The number of benzene rings is 3. The fourth-order valence-electron chi connectivity index (χ4n) is 4.62. The van der Waals surface area contributed by atoms with Gasteiger partial charge in [0.25, 0.3) is 5.91 Å². The largest absolute Gasteiger partial charge is 0.371 e. The van der Waals surface area contributed by atoms with Crippen LogP contribution in [0.1, 0.15) is 39.6 Å². The number of ether oxygens (including phenoxy) is 1. The van der Waals surface area contributed by atoms with E-state index in [-0.39, 0.29) is 30.1 Å². The van der Waals surface area contributed by atoms with E-state index in [1.807, 2.05) is 18.2 Å². The number of carbonyl (C=O) groups is 1. The van der Waals surface area contributed by atoms with Crippen LogP contribution in [0.5, 0.6) is 0 Å². The van der Waals surface area contributed by atoms with Gasteiger partial charge >= 0.3 is 0 Å². The Balaban J connectivity index is 1.48. The van der Waals surface area contributed by atoms with Crippen LogP contribution in [0.15, 0.2) is 77.8 Å². The average Bonchev–Trinajstić information content (AvgIpc) is 2.88. The third-order valence-electron chi connectivity index (χ3n) is 6.47. The third kappa shape index (κ3) is 4.57. The molecule has 3 atom stereocenters. The summed E-state index contributed by atoms with van der Waals surface area (Å²) in [6.45, 7) is 0.0656. The number of hydrogen-bond acceptors (Lipinski definition) is 5. The van der Waals surface area contributed by atoms with E-state index in [1.165, 1.54) is 23.9 Å². The summed E-state index contributed by atoms with van der Waals surface area (Å²) in [5, 5.41) is 12.3. The van der Waals surface area contributed by atoms with Crippen molar-refractivity contribution in [2.45, 2.75) is 18.1 Å². The Labute approximate surface area is 205 Å². The maximum absolute atomic E-state index is 15.1. The first-order chi connectivity index (χ1) is 17.0. The zero-order chi connectivity index (χ0) is 24.4. The molecule has 3 aromatic rings. The summed E-state index contributed by atoms with van der Waals surface area (Å²) in [7, 11) is 0. The normalized spacial score (nSPS) is 23.5. The van der Waals surface area contributed by atoms with Crippen LogP contribution in [-0.2, 0) is 10.3 Å². The molecule has 5 rings (SSSR count). The van der Waals surface area contributed by atoms with E-state index in [0.717, 1.165) is 11.6 Å². The molecule has 0 unspecified atom stereocenters. The Morgan fingerprint density at radius 2 is 1.89 bits per heavy atom. The number of nitrogens with zero attached hydrogens (tertiary/aromatic N) is 2. The molecule has 1 fully saturated rings. The molecule has 1 saturated heterocycles. The number of hydrogen-bond donors (Lipinski definition) is 1. The van der Waals surface area contributed by atoms with Gasteiger partial charge in [0, 0.05) is 28.9 Å². The average molecular weight is 490 g/mol. The van der Waals surface area contributed by atoms with Crippen LogP contribution in [0.4, 0.5) is 8.78 Å². The molecule has 1 N–H and O–H groups in total. The lowest BCUT2D eigenvalue weighted by molar-refractivity contribution is -0.0588. The molecule has 5 nitrogen and oxygen atoms in total. The molecular formula is C27H21F2N3O2S. The van der Waals surface area contributed by atoms with Gasteiger partial charge in [0.15, 0.2) is 5.17 Å². The Bertz CT molecular complexity index is 1320. The minimum Gasteiger partial charge on any atom is -0.371 e. The summed E-state index contributed by atoms with van der Waals surface area (Å²) in [5.74, 6) is -1.23. The van der Waals surface area contributed by atoms with Crippen molar-refractivity contribution in [2.24, 2.45) is 10.9 Å². The molecule has 2 heterocycles. The zero-order valence-electron chi connectivity index (χ0n) is 18.6. The third-order valence-corrected chi connectivity index (χ3v) is 7.50. The highest BCUT2D eigenvalue weighted by molar-refractivity contribution is 8.13. The number of fused-ring (bicyclic) bond motifs is 1. The standard InChI is InChI=1S/C27H21F2N3O2S/c28-21-10-11-22(23(29)13-21)27-16-34-24(18-8-6-17(14-30)7-9-18)12-20(27)15-35-26(32-27)31-25(33)19-4-2-1-3-5-19/h1-11,13,20,24H,12,15-16H2,(H,31,32,33)/t20-,24+,27-/m0/s1. The highest BCUT2D eigenvalue weighted by atomic mass is 32.2. The highest BCUT2D eigenvalue weighted by Crippen LogP contribution is 2.49. The van der Waals surface area contributed by atoms with Crippen molar-refractivity contribution in [1.82, 2.24) is 5.32 Å². The van der Waals surface area contributed by atoms with Gasteiger partial charge in [0.1, 0.15) is 17.2 Å². The summed E-state index contributed by atoms with van der Waals surface area (Å²) in [5.41, 5.74) is 1.11. The van der Waals surface area contributed by atoms with Gasteiger partial charge in [-0.1, -0.05) is 48.2 Å². The lowest BCUT2D eigenvalue weighted by Gasteiger charge is -2.46. The van der Waals surface area contributed by atoms with E-state index in [0.29, 0.717) is 28.5 Å². The molecule has 8 heteroatoms. The van der Waals surface area contributed by atoms with E-state index in [1.54, 1.807) is 36.4 Å². The summed E-state index contributed by atoms with van der Waals surface area (Å²) < 4.78 is 35.0. The first-order valence-electron chi connectivity index (χ1n) is 11.1. The number of thioether (sulfide) groups is 1.